The molecule has 0 unspecified atom stereocenters. The lowest BCUT2D eigenvalue weighted by Gasteiger charge is -2.30. The van der Waals surface area contributed by atoms with Crippen LogP contribution in [0.15, 0.2) is 18.2 Å². The van der Waals surface area contributed by atoms with Gasteiger partial charge in [-0.15, -0.1) is 0 Å². The van der Waals surface area contributed by atoms with E-state index in [-0.39, 0.29) is 0 Å². The molecule has 0 amide bonds. The average Bonchev–Trinajstić information content (AvgIpc) is 2.33. The van der Waals surface area contributed by atoms with Crippen molar-refractivity contribution in [1.82, 2.24) is 10.2 Å². The molecule has 2 nitrogen and oxygen atoms in total. The van der Waals surface area contributed by atoms with Crippen molar-refractivity contribution in [3.05, 3.63) is 34.9 Å². The number of hydrogen-bond acceptors (Lipinski definition) is 2. The Balaban J connectivity index is 2.40. The van der Waals surface area contributed by atoms with Crippen LogP contribution in [0.4, 0.5) is 0 Å². The van der Waals surface area contributed by atoms with Crippen molar-refractivity contribution < 1.29 is 0 Å². The molecule has 2 heteroatoms. The molecule has 0 aliphatic carbocycles. The van der Waals surface area contributed by atoms with Gasteiger partial charge in [-0.25, -0.2) is 0 Å². The van der Waals surface area contributed by atoms with Crippen LogP contribution in [-0.2, 0) is 6.54 Å². The molecule has 0 radical (unpaired) electrons. The van der Waals surface area contributed by atoms with Gasteiger partial charge in [0, 0.05) is 31.7 Å². The van der Waals surface area contributed by atoms with E-state index >= 15 is 0 Å². The maximum absolute atomic E-state index is 3.57. The molecule has 0 spiro atoms. The predicted octanol–water partition coefficient (Wildman–Crippen LogP) is 3.51. The Labute approximate surface area is 119 Å². The summed E-state index contributed by atoms with van der Waals surface area (Å²) in [5, 5.41) is 3.57. The fraction of sp³-hybridized carbons (Fsp3) is 0.647. The molecule has 1 aromatic carbocycles. The van der Waals surface area contributed by atoms with Crippen molar-refractivity contribution in [2.75, 3.05) is 13.1 Å². The molecule has 0 saturated heterocycles. The summed E-state index contributed by atoms with van der Waals surface area (Å²) < 4.78 is 0. The van der Waals surface area contributed by atoms with Gasteiger partial charge >= 0.3 is 0 Å². The lowest BCUT2D eigenvalue weighted by molar-refractivity contribution is 0.176. The standard InChI is InChI=1S/C17H30N2/c1-13(2)19(14(3)4)11-10-18-12-17-9-7-8-15(5)16(17)6/h7-9,13-14,18H,10-12H2,1-6H3. The normalized spacial score (nSPS) is 11.8. The van der Waals surface area contributed by atoms with E-state index in [1.807, 2.05) is 0 Å². The number of hydrogen-bond donors (Lipinski definition) is 1. The number of nitrogens with one attached hydrogen (secondary N) is 1. The third-order valence-corrected chi connectivity index (χ3v) is 3.91. The van der Waals surface area contributed by atoms with Crippen LogP contribution in [0.25, 0.3) is 0 Å². The summed E-state index contributed by atoms with van der Waals surface area (Å²) in [6.45, 7) is 16.6. The van der Waals surface area contributed by atoms with Crippen molar-refractivity contribution in [3.63, 3.8) is 0 Å². The SMILES string of the molecule is Cc1cccc(CNCCN(C(C)C)C(C)C)c1C. The van der Waals surface area contributed by atoms with Crippen molar-refractivity contribution in [2.45, 2.75) is 60.2 Å². The van der Waals surface area contributed by atoms with Gasteiger partial charge in [0.05, 0.1) is 0 Å². The first-order chi connectivity index (χ1) is 8.93. The molecule has 0 aliphatic heterocycles. The monoisotopic (exact) mass is 262 g/mol. The fourth-order valence-electron chi connectivity index (χ4n) is 2.55. The average molecular weight is 262 g/mol. The highest BCUT2D eigenvalue weighted by molar-refractivity contribution is 5.32. The van der Waals surface area contributed by atoms with Crippen LogP contribution in [0.1, 0.15) is 44.4 Å². The van der Waals surface area contributed by atoms with Crippen LogP contribution >= 0.6 is 0 Å². The minimum atomic E-state index is 0.613. The van der Waals surface area contributed by atoms with E-state index in [1.165, 1.54) is 16.7 Å². The van der Waals surface area contributed by atoms with E-state index in [0.717, 1.165) is 19.6 Å². The second-order valence-corrected chi connectivity index (χ2v) is 5.96. The van der Waals surface area contributed by atoms with E-state index in [0.29, 0.717) is 12.1 Å². The summed E-state index contributed by atoms with van der Waals surface area (Å²) in [4.78, 5) is 2.52. The Morgan fingerprint density at radius 1 is 1.05 bits per heavy atom. The topological polar surface area (TPSA) is 15.3 Å². The van der Waals surface area contributed by atoms with Gasteiger partial charge in [-0.1, -0.05) is 18.2 Å². The van der Waals surface area contributed by atoms with Crippen LogP contribution in [0.3, 0.4) is 0 Å². The molecule has 0 aliphatic rings. The molecular weight excluding hydrogens is 232 g/mol. The summed E-state index contributed by atoms with van der Waals surface area (Å²) in [7, 11) is 0. The Kier molecular flexibility index (Phi) is 6.53. The number of nitrogens with zero attached hydrogens (tertiary/aromatic N) is 1. The first-order valence-electron chi connectivity index (χ1n) is 7.45. The smallest absolute Gasteiger partial charge is 0.0208 e. The zero-order valence-corrected chi connectivity index (χ0v) is 13.5. The highest BCUT2D eigenvalue weighted by Gasteiger charge is 2.12. The van der Waals surface area contributed by atoms with E-state index in [4.69, 9.17) is 0 Å². The zero-order chi connectivity index (χ0) is 14.4. The minimum Gasteiger partial charge on any atom is -0.311 e. The van der Waals surface area contributed by atoms with Crippen molar-refractivity contribution >= 4 is 0 Å². The largest absolute Gasteiger partial charge is 0.311 e. The van der Waals surface area contributed by atoms with E-state index < -0.39 is 0 Å². The van der Waals surface area contributed by atoms with Crippen LogP contribution in [-0.4, -0.2) is 30.1 Å². The first kappa shape index (κ1) is 16.2. The van der Waals surface area contributed by atoms with Crippen LogP contribution in [0.5, 0.6) is 0 Å². The van der Waals surface area contributed by atoms with Crippen LogP contribution in [0.2, 0.25) is 0 Å². The van der Waals surface area contributed by atoms with E-state index in [9.17, 15) is 0 Å². The van der Waals surface area contributed by atoms with Crippen LogP contribution < -0.4 is 5.32 Å². The molecule has 0 heterocycles. The maximum Gasteiger partial charge on any atom is 0.0208 e. The number of rotatable bonds is 7. The Bertz CT molecular complexity index is 375. The predicted molar refractivity (Wildman–Crippen MR) is 84.6 cm³/mol. The third-order valence-electron chi connectivity index (χ3n) is 3.91. The second kappa shape index (κ2) is 7.66. The zero-order valence-electron chi connectivity index (χ0n) is 13.5. The molecule has 0 fully saturated rings. The van der Waals surface area contributed by atoms with Gasteiger partial charge in [-0.2, -0.15) is 0 Å². The van der Waals surface area contributed by atoms with Gasteiger partial charge in [-0.3, -0.25) is 4.90 Å². The van der Waals surface area contributed by atoms with Gasteiger partial charge in [0.15, 0.2) is 0 Å². The van der Waals surface area contributed by atoms with Gasteiger partial charge in [0.25, 0.3) is 0 Å². The van der Waals surface area contributed by atoms with Gasteiger partial charge < -0.3 is 5.32 Å². The molecule has 0 atom stereocenters. The Hall–Kier alpha value is -0.860. The lowest BCUT2D eigenvalue weighted by atomic mass is 10.0. The summed E-state index contributed by atoms with van der Waals surface area (Å²) in [6, 6.07) is 7.77. The number of benzene rings is 1. The Morgan fingerprint density at radius 3 is 2.26 bits per heavy atom. The molecule has 0 saturated carbocycles. The summed E-state index contributed by atoms with van der Waals surface area (Å²) in [6.07, 6.45) is 0. The van der Waals surface area contributed by atoms with Gasteiger partial charge in [0.2, 0.25) is 0 Å². The molecule has 108 valence electrons. The maximum atomic E-state index is 3.57. The molecule has 1 aromatic rings. The van der Waals surface area contributed by atoms with Crippen molar-refractivity contribution in [1.29, 1.82) is 0 Å². The lowest BCUT2D eigenvalue weighted by Crippen LogP contribution is -2.41. The molecule has 1 rings (SSSR count). The summed E-state index contributed by atoms with van der Waals surface area (Å²) in [5.41, 5.74) is 4.21. The highest BCUT2D eigenvalue weighted by Crippen LogP contribution is 2.12. The quantitative estimate of drug-likeness (QED) is 0.757. The number of aryl methyl sites for hydroxylation is 1. The molecular formula is C17H30N2. The molecule has 19 heavy (non-hydrogen) atoms. The minimum absolute atomic E-state index is 0.613. The first-order valence-corrected chi connectivity index (χ1v) is 7.45. The van der Waals surface area contributed by atoms with Crippen molar-refractivity contribution in [2.24, 2.45) is 0 Å². The summed E-state index contributed by atoms with van der Waals surface area (Å²) >= 11 is 0. The van der Waals surface area contributed by atoms with Crippen molar-refractivity contribution in [3.8, 4) is 0 Å². The second-order valence-electron chi connectivity index (χ2n) is 5.96. The Morgan fingerprint density at radius 2 is 1.68 bits per heavy atom. The van der Waals surface area contributed by atoms with Crippen LogP contribution in [0, 0.1) is 13.8 Å². The summed E-state index contributed by atoms with van der Waals surface area (Å²) in [5.74, 6) is 0. The van der Waals surface area contributed by atoms with E-state index in [1.54, 1.807) is 0 Å². The molecule has 0 bridgehead atoms. The van der Waals surface area contributed by atoms with Gasteiger partial charge in [0.1, 0.15) is 0 Å². The highest BCUT2D eigenvalue weighted by atomic mass is 15.2. The molecule has 0 aromatic heterocycles. The van der Waals surface area contributed by atoms with Gasteiger partial charge in [-0.05, 0) is 58.2 Å². The molecule has 1 N–H and O–H groups in total. The fourth-order valence-corrected chi connectivity index (χ4v) is 2.55. The van der Waals surface area contributed by atoms with E-state index in [2.05, 4.69) is 70.0 Å². The third kappa shape index (κ3) is 4.96.